The predicted molar refractivity (Wildman–Crippen MR) is 82.5 cm³/mol. The van der Waals surface area contributed by atoms with Crippen molar-refractivity contribution in [1.82, 2.24) is 4.90 Å². The highest BCUT2D eigenvalue weighted by atomic mass is 16.5. The van der Waals surface area contributed by atoms with Crippen LogP contribution in [0.2, 0.25) is 0 Å². The number of carbonyl (C=O) groups is 2. The molecule has 0 amide bonds. The minimum atomic E-state index is -0.509. The number of carbonyl (C=O) groups excluding carboxylic acids is 2. The summed E-state index contributed by atoms with van der Waals surface area (Å²) in [7, 11) is 3.18. The van der Waals surface area contributed by atoms with Gasteiger partial charge in [-0.25, -0.2) is 0 Å². The van der Waals surface area contributed by atoms with Crippen LogP contribution in [0.25, 0.3) is 0 Å². The molecule has 23 heavy (non-hydrogen) atoms. The quantitative estimate of drug-likeness (QED) is 0.789. The molecule has 0 aromatic heterocycles. The minimum Gasteiger partial charge on any atom is -0.493 e. The summed E-state index contributed by atoms with van der Waals surface area (Å²) in [5.74, 6) is 1.06. The lowest BCUT2D eigenvalue weighted by molar-refractivity contribution is -0.155. The molecule has 0 radical (unpaired) electrons. The summed E-state index contributed by atoms with van der Waals surface area (Å²) in [6, 6.07) is 3.24. The number of hydrogen-bond donors (Lipinski definition) is 0. The number of hydrogen-bond acceptors (Lipinski definition) is 6. The highest BCUT2D eigenvalue weighted by Crippen LogP contribution is 2.45. The van der Waals surface area contributed by atoms with Crippen LogP contribution in [-0.2, 0) is 20.9 Å². The summed E-state index contributed by atoms with van der Waals surface area (Å²) >= 11 is 0. The highest BCUT2D eigenvalue weighted by molar-refractivity contribution is 5.88. The maximum absolute atomic E-state index is 12.2. The SMILES string of the molecule is CCOC(=O)[C@H]1CC(=O)C[C@@H]2c3cc(OC)c(OC)cc3CN12. The molecule has 1 aromatic rings. The molecule has 3 rings (SSSR count). The van der Waals surface area contributed by atoms with E-state index in [1.165, 1.54) is 0 Å². The van der Waals surface area contributed by atoms with Crippen molar-refractivity contribution in [2.45, 2.75) is 38.4 Å². The third-order valence-corrected chi connectivity index (χ3v) is 4.56. The summed E-state index contributed by atoms with van der Waals surface area (Å²) in [5.41, 5.74) is 2.10. The molecule has 2 atom stereocenters. The van der Waals surface area contributed by atoms with E-state index in [2.05, 4.69) is 4.90 Å². The number of ketones is 1. The van der Waals surface area contributed by atoms with E-state index in [1.807, 2.05) is 12.1 Å². The fraction of sp³-hybridized carbons (Fsp3) is 0.529. The molecule has 0 aliphatic carbocycles. The van der Waals surface area contributed by atoms with Crippen LogP contribution >= 0.6 is 0 Å². The number of piperidine rings is 1. The van der Waals surface area contributed by atoms with E-state index >= 15 is 0 Å². The number of benzene rings is 1. The second kappa shape index (κ2) is 6.20. The van der Waals surface area contributed by atoms with Gasteiger partial charge in [0.15, 0.2) is 11.5 Å². The Kier molecular flexibility index (Phi) is 4.26. The molecule has 2 aliphatic rings. The van der Waals surface area contributed by atoms with Gasteiger partial charge in [0.05, 0.1) is 20.8 Å². The van der Waals surface area contributed by atoms with Gasteiger partial charge < -0.3 is 14.2 Å². The monoisotopic (exact) mass is 319 g/mol. The Balaban J connectivity index is 1.97. The first kappa shape index (κ1) is 15.8. The molecule has 0 N–H and O–H groups in total. The van der Waals surface area contributed by atoms with E-state index in [1.54, 1.807) is 21.1 Å². The Morgan fingerprint density at radius 1 is 1.22 bits per heavy atom. The number of nitrogens with zero attached hydrogens (tertiary/aromatic N) is 1. The van der Waals surface area contributed by atoms with Crippen molar-refractivity contribution in [1.29, 1.82) is 0 Å². The van der Waals surface area contributed by atoms with Crippen molar-refractivity contribution in [2.24, 2.45) is 0 Å². The van der Waals surface area contributed by atoms with Gasteiger partial charge in [0.25, 0.3) is 0 Å². The van der Waals surface area contributed by atoms with Gasteiger partial charge in [0.2, 0.25) is 0 Å². The Labute approximate surface area is 135 Å². The molecule has 0 bridgehead atoms. The minimum absolute atomic E-state index is 0.0898. The number of Topliss-reactive ketones (excluding diaryl/α,β-unsaturated/α-hetero) is 1. The standard InChI is InChI=1S/C17H21NO5/c1-4-23-17(20)14-7-11(19)6-13-12-8-16(22-3)15(21-2)5-10(12)9-18(13)14/h5,8,13-14H,4,6-7,9H2,1-3H3/t13-,14-/m1/s1. The van der Waals surface area contributed by atoms with Crippen LogP contribution in [0.3, 0.4) is 0 Å². The lowest BCUT2D eigenvalue weighted by Gasteiger charge is -2.35. The molecular formula is C17H21NO5. The molecule has 124 valence electrons. The number of ether oxygens (including phenoxy) is 3. The second-order valence-corrected chi connectivity index (χ2v) is 5.81. The summed E-state index contributed by atoms with van der Waals surface area (Å²) in [5, 5.41) is 0. The highest BCUT2D eigenvalue weighted by Gasteiger charge is 2.44. The predicted octanol–water partition coefficient (Wildman–Crippen LogP) is 1.86. The van der Waals surface area contributed by atoms with Gasteiger partial charge in [-0.15, -0.1) is 0 Å². The van der Waals surface area contributed by atoms with Crippen molar-refractivity contribution in [3.8, 4) is 11.5 Å². The van der Waals surface area contributed by atoms with Gasteiger partial charge >= 0.3 is 5.97 Å². The molecule has 0 saturated carbocycles. The van der Waals surface area contributed by atoms with Gasteiger partial charge in [-0.05, 0) is 30.2 Å². The second-order valence-electron chi connectivity index (χ2n) is 5.81. The van der Waals surface area contributed by atoms with Crippen molar-refractivity contribution >= 4 is 11.8 Å². The van der Waals surface area contributed by atoms with Crippen molar-refractivity contribution in [2.75, 3.05) is 20.8 Å². The maximum Gasteiger partial charge on any atom is 0.323 e. The molecule has 0 spiro atoms. The van der Waals surface area contributed by atoms with E-state index < -0.39 is 6.04 Å². The maximum atomic E-state index is 12.2. The van der Waals surface area contributed by atoms with Crippen LogP contribution in [0.5, 0.6) is 11.5 Å². The van der Waals surface area contributed by atoms with Crippen molar-refractivity contribution in [3.63, 3.8) is 0 Å². The van der Waals surface area contributed by atoms with Gasteiger partial charge in [0.1, 0.15) is 11.8 Å². The van der Waals surface area contributed by atoms with Gasteiger partial charge in [-0.3, -0.25) is 14.5 Å². The van der Waals surface area contributed by atoms with Crippen LogP contribution in [0, 0.1) is 0 Å². The Morgan fingerprint density at radius 2 is 1.91 bits per heavy atom. The van der Waals surface area contributed by atoms with Gasteiger partial charge in [0, 0.05) is 25.4 Å². The lowest BCUT2D eigenvalue weighted by Crippen LogP contribution is -2.46. The molecule has 1 saturated heterocycles. The smallest absolute Gasteiger partial charge is 0.323 e. The number of methoxy groups -OCH3 is 2. The van der Waals surface area contributed by atoms with Crippen LogP contribution < -0.4 is 9.47 Å². The zero-order chi connectivity index (χ0) is 16.6. The van der Waals surface area contributed by atoms with E-state index in [-0.39, 0.29) is 24.2 Å². The Bertz CT molecular complexity index is 642. The van der Waals surface area contributed by atoms with E-state index in [9.17, 15) is 9.59 Å². The third-order valence-electron chi connectivity index (χ3n) is 4.56. The molecule has 2 heterocycles. The molecule has 0 unspecified atom stereocenters. The summed E-state index contributed by atoms with van der Waals surface area (Å²) < 4.78 is 15.9. The normalized spacial score (nSPS) is 23.2. The van der Waals surface area contributed by atoms with Gasteiger partial charge in [-0.1, -0.05) is 0 Å². The third kappa shape index (κ3) is 2.67. The van der Waals surface area contributed by atoms with Crippen molar-refractivity contribution in [3.05, 3.63) is 23.3 Å². The summed E-state index contributed by atoms with van der Waals surface area (Å²) in [6.45, 7) is 2.70. The average Bonchev–Trinajstić information content (AvgIpc) is 2.90. The largest absolute Gasteiger partial charge is 0.493 e. The van der Waals surface area contributed by atoms with Crippen LogP contribution in [0.15, 0.2) is 12.1 Å². The Hall–Kier alpha value is -2.08. The molecule has 6 nitrogen and oxygen atoms in total. The first-order valence-electron chi connectivity index (χ1n) is 7.77. The van der Waals surface area contributed by atoms with Crippen LogP contribution in [0.1, 0.15) is 36.9 Å². The van der Waals surface area contributed by atoms with E-state index in [0.29, 0.717) is 31.1 Å². The first-order valence-corrected chi connectivity index (χ1v) is 7.77. The summed E-state index contributed by atoms with van der Waals surface area (Å²) in [6.07, 6.45) is 0.635. The molecule has 2 aliphatic heterocycles. The zero-order valence-corrected chi connectivity index (χ0v) is 13.6. The molecule has 1 aromatic carbocycles. The van der Waals surface area contributed by atoms with Gasteiger partial charge in [-0.2, -0.15) is 0 Å². The summed E-state index contributed by atoms with van der Waals surface area (Å²) in [4.78, 5) is 26.4. The molecular weight excluding hydrogens is 298 g/mol. The lowest BCUT2D eigenvalue weighted by atomic mass is 9.92. The first-order chi connectivity index (χ1) is 11.1. The van der Waals surface area contributed by atoms with Crippen LogP contribution in [-0.4, -0.2) is 43.5 Å². The Morgan fingerprint density at radius 3 is 2.57 bits per heavy atom. The number of esters is 1. The topological polar surface area (TPSA) is 65.1 Å². The number of rotatable bonds is 4. The van der Waals surface area contributed by atoms with E-state index in [4.69, 9.17) is 14.2 Å². The van der Waals surface area contributed by atoms with Crippen LogP contribution in [0.4, 0.5) is 0 Å². The number of fused-ring (bicyclic) bond motifs is 3. The fourth-order valence-corrected chi connectivity index (χ4v) is 3.51. The van der Waals surface area contributed by atoms with E-state index in [0.717, 1.165) is 11.1 Å². The zero-order valence-electron chi connectivity index (χ0n) is 13.6. The van der Waals surface area contributed by atoms with Crippen molar-refractivity contribution < 1.29 is 23.8 Å². The molecule has 1 fully saturated rings. The fourth-order valence-electron chi connectivity index (χ4n) is 3.51. The molecule has 6 heteroatoms. The average molecular weight is 319 g/mol.